The van der Waals surface area contributed by atoms with Crippen LogP contribution < -0.4 is 5.32 Å². The smallest absolute Gasteiger partial charge is 0.407 e. The van der Waals surface area contributed by atoms with Crippen molar-refractivity contribution in [3.8, 4) is 0 Å². The predicted molar refractivity (Wildman–Crippen MR) is 54.9 cm³/mol. The molecule has 16 heavy (non-hydrogen) atoms. The van der Waals surface area contributed by atoms with E-state index in [1.165, 1.54) is 12.1 Å². The van der Waals surface area contributed by atoms with Gasteiger partial charge in [0.15, 0.2) is 0 Å². The molecule has 1 aromatic rings. The largest absolute Gasteiger partial charge is 0.449 e. The number of non-ortho nitro benzene ring substituents is 1. The Morgan fingerprint density at radius 3 is 3.00 bits per heavy atom. The SMILES string of the molecule is O=C1N[C@H](c2cccc([N+](=O)[O-])c2)CCO1. The van der Waals surface area contributed by atoms with Gasteiger partial charge < -0.3 is 10.1 Å². The van der Waals surface area contributed by atoms with Gasteiger partial charge in [-0.2, -0.15) is 0 Å². The van der Waals surface area contributed by atoms with Gasteiger partial charge in [-0.25, -0.2) is 4.79 Å². The number of amides is 1. The fourth-order valence-corrected chi connectivity index (χ4v) is 1.63. The molecular weight excluding hydrogens is 212 g/mol. The van der Waals surface area contributed by atoms with E-state index in [0.29, 0.717) is 13.0 Å². The normalized spacial score (nSPS) is 19.8. The maximum atomic E-state index is 11.0. The van der Waals surface area contributed by atoms with Gasteiger partial charge in [0.05, 0.1) is 17.6 Å². The Kier molecular flexibility index (Phi) is 2.72. The van der Waals surface area contributed by atoms with Gasteiger partial charge in [0.1, 0.15) is 0 Å². The molecule has 2 rings (SSSR count). The first kappa shape index (κ1) is 10.4. The fourth-order valence-electron chi connectivity index (χ4n) is 1.63. The van der Waals surface area contributed by atoms with Crippen LogP contribution in [0.4, 0.5) is 10.5 Å². The fraction of sp³-hybridized carbons (Fsp3) is 0.300. The number of rotatable bonds is 2. The summed E-state index contributed by atoms with van der Waals surface area (Å²) in [5.74, 6) is 0. The predicted octanol–water partition coefficient (Wildman–Crippen LogP) is 1.77. The molecular formula is C10H10N2O4. The van der Waals surface area contributed by atoms with Crippen molar-refractivity contribution in [1.29, 1.82) is 0 Å². The Bertz CT molecular complexity index is 433. The maximum Gasteiger partial charge on any atom is 0.407 e. The summed E-state index contributed by atoms with van der Waals surface area (Å²) in [6, 6.07) is 6.04. The van der Waals surface area contributed by atoms with Crippen LogP contribution in [-0.2, 0) is 4.74 Å². The Labute approximate surface area is 91.4 Å². The van der Waals surface area contributed by atoms with Gasteiger partial charge in [-0.3, -0.25) is 10.1 Å². The second kappa shape index (κ2) is 4.18. The van der Waals surface area contributed by atoms with Gasteiger partial charge in [-0.15, -0.1) is 0 Å². The lowest BCUT2D eigenvalue weighted by atomic mass is 10.0. The lowest BCUT2D eigenvalue weighted by molar-refractivity contribution is -0.384. The standard InChI is InChI=1S/C10H10N2O4/c13-10-11-9(4-5-16-10)7-2-1-3-8(6-7)12(14)15/h1-3,6,9H,4-5H2,(H,11,13)/t9-/m0/s1. The number of hydrogen-bond acceptors (Lipinski definition) is 4. The van der Waals surface area contributed by atoms with Crippen molar-refractivity contribution >= 4 is 11.8 Å². The first-order chi connectivity index (χ1) is 7.66. The average Bonchev–Trinajstić information content (AvgIpc) is 2.29. The summed E-state index contributed by atoms with van der Waals surface area (Å²) in [6.45, 7) is 0.333. The van der Waals surface area contributed by atoms with Gasteiger partial charge in [0.2, 0.25) is 0 Å². The minimum Gasteiger partial charge on any atom is -0.449 e. The number of ether oxygens (including phenoxy) is 1. The molecule has 0 radical (unpaired) electrons. The van der Waals surface area contributed by atoms with Gasteiger partial charge in [0.25, 0.3) is 5.69 Å². The molecule has 6 heteroatoms. The Hall–Kier alpha value is -2.11. The van der Waals surface area contributed by atoms with Crippen molar-refractivity contribution in [2.45, 2.75) is 12.5 Å². The van der Waals surface area contributed by atoms with E-state index in [2.05, 4.69) is 5.32 Å². The first-order valence-electron chi connectivity index (χ1n) is 4.84. The van der Waals surface area contributed by atoms with Crippen molar-refractivity contribution in [3.63, 3.8) is 0 Å². The van der Waals surface area contributed by atoms with Crippen molar-refractivity contribution in [1.82, 2.24) is 5.32 Å². The van der Waals surface area contributed by atoms with Crippen LogP contribution in [0.3, 0.4) is 0 Å². The molecule has 6 nitrogen and oxygen atoms in total. The summed E-state index contributed by atoms with van der Waals surface area (Å²) in [7, 11) is 0. The number of alkyl carbamates (subject to hydrolysis) is 1. The number of nitro groups is 1. The van der Waals surface area contributed by atoms with Crippen LogP contribution in [0.15, 0.2) is 24.3 Å². The number of nitrogens with zero attached hydrogens (tertiary/aromatic N) is 1. The van der Waals surface area contributed by atoms with E-state index in [9.17, 15) is 14.9 Å². The number of hydrogen-bond donors (Lipinski definition) is 1. The molecule has 1 heterocycles. The quantitative estimate of drug-likeness (QED) is 0.610. The zero-order chi connectivity index (χ0) is 11.5. The third-order valence-corrected chi connectivity index (χ3v) is 2.42. The monoisotopic (exact) mass is 222 g/mol. The number of benzene rings is 1. The Balaban J connectivity index is 2.22. The van der Waals surface area contributed by atoms with E-state index in [4.69, 9.17) is 4.74 Å². The summed E-state index contributed by atoms with van der Waals surface area (Å²) in [6.07, 6.45) is 0.134. The zero-order valence-corrected chi connectivity index (χ0v) is 8.38. The molecule has 1 aromatic carbocycles. The van der Waals surface area contributed by atoms with Crippen LogP contribution >= 0.6 is 0 Å². The lowest BCUT2D eigenvalue weighted by Gasteiger charge is -2.23. The van der Waals surface area contributed by atoms with Crippen molar-refractivity contribution in [3.05, 3.63) is 39.9 Å². The maximum absolute atomic E-state index is 11.0. The number of cyclic esters (lactones) is 1. The molecule has 0 aliphatic carbocycles. The highest BCUT2D eigenvalue weighted by Crippen LogP contribution is 2.23. The minimum atomic E-state index is -0.484. The third kappa shape index (κ3) is 2.10. The molecule has 84 valence electrons. The highest BCUT2D eigenvalue weighted by molar-refractivity contribution is 5.68. The number of nitro benzene ring substituents is 1. The highest BCUT2D eigenvalue weighted by atomic mass is 16.6. The second-order valence-corrected chi connectivity index (χ2v) is 3.47. The van der Waals surface area contributed by atoms with Crippen LogP contribution in [0.25, 0.3) is 0 Å². The molecule has 1 aliphatic heterocycles. The van der Waals surface area contributed by atoms with E-state index >= 15 is 0 Å². The molecule has 1 amide bonds. The third-order valence-electron chi connectivity index (χ3n) is 2.42. The molecule has 1 aliphatic rings. The summed E-state index contributed by atoms with van der Waals surface area (Å²) in [4.78, 5) is 21.1. The Morgan fingerprint density at radius 2 is 2.31 bits per heavy atom. The van der Waals surface area contributed by atoms with Gasteiger partial charge >= 0.3 is 6.09 Å². The minimum absolute atomic E-state index is 0.0261. The summed E-state index contributed by atoms with van der Waals surface area (Å²) in [5, 5.41) is 13.2. The summed E-state index contributed by atoms with van der Waals surface area (Å²) < 4.78 is 4.72. The van der Waals surface area contributed by atoms with Crippen molar-refractivity contribution in [2.24, 2.45) is 0 Å². The molecule has 0 bridgehead atoms. The van der Waals surface area contributed by atoms with Gasteiger partial charge in [0, 0.05) is 18.6 Å². The van der Waals surface area contributed by atoms with Crippen LogP contribution in [-0.4, -0.2) is 17.6 Å². The topological polar surface area (TPSA) is 81.5 Å². The van der Waals surface area contributed by atoms with Crippen LogP contribution in [0.2, 0.25) is 0 Å². The molecule has 1 N–H and O–H groups in total. The Morgan fingerprint density at radius 1 is 1.50 bits per heavy atom. The molecule has 0 saturated carbocycles. The van der Waals surface area contributed by atoms with Crippen LogP contribution in [0.1, 0.15) is 18.0 Å². The molecule has 1 saturated heterocycles. The zero-order valence-electron chi connectivity index (χ0n) is 8.38. The number of carbonyl (C=O) groups is 1. The van der Waals surface area contributed by atoms with Gasteiger partial charge in [-0.05, 0) is 5.56 Å². The lowest BCUT2D eigenvalue weighted by Crippen LogP contribution is -2.35. The molecule has 1 atom stereocenters. The average molecular weight is 222 g/mol. The van der Waals surface area contributed by atoms with Crippen LogP contribution in [0, 0.1) is 10.1 Å². The summed E-state index contributed by atoms with van der Waals surface area (Å²) in [5.41, 5.74) is 0.754. The molecule has 0 aromatic heterocycles. The molecule has 0 spiro atoms. The summed E-state index contributed by atoms with van der Waals surface area (Å²) >= 11 is 0. The van der Waals surface area contributed by atoms with E-state index in [1.807, 2.05) is 0 Å². The van der Waals surface area contributed by atoms with Crippen molar-refractivity contribution < 1.29 is 14.5 Å². The van der Waals surface area contributed by atoms with E-state index in [1.54, 1.807) is 12.1 Å². The second-order valence-electron chi connectivity index (χ2n) is 3.47. The van der Waals surface area contributed by atoms with Gasteiger partial charge in [-0.1, -0.05) is 12.1 Å². The van der Waals surface area contributed by atoms with E-state index in [0.717, 1.165) is 5.56 Å². The number of nitrogens with one attached hydrogen (secondary N) is 1. The molecule has 0 unspecified atom stereocenters. The number of carbonyl (C=O) groups excluding carboxylic acids is 1. The van der Waals surface area contributed by atoms with E-state index < -0.39 is 11.0 Å². The van der Waals surface area contributed by atoms with E-state index in [-0.39, 0.29) is 11.7 Å². The van der Waals surface area contributed by atoms with Crippen LogP contribution in [0.5, 0.6) is 0 Å². The molecule has 1 fully saturated rings. The highest BCUT2D eigenvalue weighted by Gasteiger charge is 2.21. The van der Waals surface area contributed by atoms with Crippen molar-refractivity contribution in [2.75, 3.05) is 6.61 Å². The first-order valence-corrected chi connectivity index (χ1v) is 4.84.